The summed E-state index contributed by atoms with van der Waals surface area (Å²) in [4.78, 5) is 3.84. The molecule has 0 aromatic carbocycles. The van der Waals surface area contributed by atoms with Crippen LogP contribution in [-0.2, 0) is 35.0 Å². The maximum absolute atomic E-state index is 7.37. The Kier molecular flexibility index (Phi) is 7.53. The lowest BCUT2D eigenvalue weighted by atomic mass is 10.6. The Hall–Kier alpha value is -0.255. The van der Waals surface area contributed by atoms with Gasteiger partial charge in [-0.3, -0.25) is 4.81 Å². The molecule has 54 valence electrons. The maximum atomic E-state index is 7.37. The van der Waals surface area contributed by atoms with Crippen LogP contribution in [0.5, 0.6) is 0 Å². The van der Waals surface area contributed by atoms with E-state index in [-0.39, 0.29) is 0 Å². The van der Waals surface area contributed by atoms with E-state index in [1.165, 1.54) is 0 Å². The lowest BCUT2D eigenvalue weighted by molar-refractivity contribution is -0.806. The molecule has 0 amide bonds. The summed E-state index contributed by atoms with van der Waals surface area (Å²) in [5, 5.41) is 27.5. The summed E-state index contributed by atoms with van der Waals surface area (Å²) < 4.78 is 0. The molecule has 8 nitrogen and oxygen atoms in total. The van der Waals surface area contributed by atoms with Crippen molar-refractivity contribution in [3.05, 3.63) is 0 Å². The molecule has 0 fully saturated rings. The zero-order valence-electron chi connectivity index (χ0n) is 4.30. The summed E-state index contributed by atoms with van der Waals surface area (Å²) in [6, 6.07) is 0. The zero-order chi connectivity index (χ0) is 6.95. The van der Waals surface area contributed by atoms with Gasteiger partial charge < -0.3 is 0 Å². The molecule has 0 aliphatic heterocycles. The molecule has 0 spiro atoms. The summed E-state index contributed by atoms with van der Waals surface area (Å²) in [5.41, 5.74) is 0. The fourth-order valence-electron chi connectivity index (χ4n) is 0.0742. The monoisotopic (exact) mass is 142 g/mol. The van der Waals surface area contributed by atoms with Gasteiger partial charge in [0.1, 0.15) is 0 Å². The molecule has 0 saturated carbocycles. The highest BCUT2D eigenvalue weighted by molar-refractivity contribution is 5.97. The van der Waals surface area contributed by atoms with Crippen LogP contribution in [-0.4, -0.2) is 13.3 Å². The molecule has 0 heterocycles. The van der Waals surface area contributed by atoms with Crippen LogP contribution in [0.15, 0.2) is 0 Å². The van der Waals surface area contributed by atoms with Gasteiger partial charge in [-0.2, -0.15) is 0 Å². The van der Waals surface area contributed by atoms with E-state index in [1.807, 2.05) is 0 Å². The summed E-state index contributed by atoms with van der Waals surface area (Å²) in [6.07, 6.45) is 0. The minimum atomic E-state index is 1.16. The molecular formula is H3BO8. The largest absolute Gasteiger partial charge is 0.310 e. The summed E-state index contributed by atoms with van der Waals surface area (Å²) in [6.45, 7) is 0. The van der Waals surface area contributed by atoms with E-state index in [4.69, 9.17) is 5.26 Å². The smallest absolute Gasteiger partial charge is 0.283 e. The molecule has 0 radical (unpaired) electrons. The number of rotatable bonds is 6. The zero-order valence-corrected chi connectivity index (χ0v) is 4.30. The van der Waals surface area contributed by atoms with E-state index in [0.717, 1.165) is 8.05 Å². The van der Waals surface area contributed by atoms with Crippen LogP contribution in [0.25, 0.3) is 0 Å². The lowest BCUT2D eigenvalue weighted by Crippen LogP contribution is -1.98. The van der Waals surface area contributed by atoms with Crippen molar-refractivity contribution >= 4 is 8.05 Å². The van der Waals surface area contributed by atoms with Gasteiger partial charge in [0.25, 0.3) is 0 Å². The van der Waals surface area contributed by atoms with Crippen molar-refractivity contribution in [1.29, 1.82) is 0 Å². The quantitative estimate of drug-likeness (QED) is 0.210. The van der Waals surface area contributed by atoms with Crippen molar-refractivity contribution in [2.75, 3.05) is 0 Å². The van der Waals surface area contributed by atoms with E-state index in [0.29, 0.717) is 0 Å². The van der Waals surface area contributed by atoms with Gasteiger partial charge in [0, 0.05) is 0 Å². The molecule has 0 bridgehead atoms. The SMILES string of the molecule is BOOOOOOOO. The average Bonchev–Trinajstić information content (AvgIpc) is 1.89. The number of hydrogen-bond acceptors (Lipinski definition) is 8. The van der Waals surface area contributed by atoms with Crippen molar-refractivity contribution in [2.45, 2.75) is 0 Å². The lowest BCUT2D eigenvalue weighted by Gasteiger charge is -1.94. The van der Waals surface area contributed by atoms with E-state index in [2.05, 4.69) is 35.0 Å². The Balaban J connectivity index is 2.60. The van der Waals surface area contributed by atoms with Crippen LogP contribution in [0, 0.1) is 0 Å². The second kappa shape index (κ2) is 7.74. The molecule has 0 aliphatic carbocycles. The Labute approximate surface area is 49.7 Å². The molecule has 0 unspecified atom stereocenters. The summed E-state index contributed by atoms with van der Waals surface area (Å²) in [7, 11) is 1.16. The molecular weight excluding hydrogens is 139 g/mol. The third-order valence-corrected chi connectivity index (χ3v) is 0.210. The molecule has 9 heavy (non-hydrogen) atoms. The van der Waals surface area contributed by atoms with Crippen LogP contribution < -0.4 is 0 Å². The predicted octanol–water partition coefficient (Wildman–Crippen LogP) is -1.39. The third kappa shape index (κ3) is 7.74. The fourth-order valence-corrected chi connectivity index (χ4v) is 0.0742. The van der Waals surface area contributed by atoms with Gasteiger partial charge in [0.2, 0.25) is 0 Å². The third-order valence-electron chi connectivity index (χ3n) is 0.210. The van der Waals surface area contributed by atoms with Gasteiger partial charge in [0.05, 0.1) is 0 Å². The average molecular weight is 142 g/mol. The normalized spacial score (nSPS) is 9.89. The molecule has 0 aromatic rings. The van der Waals surface area contributed by atoms with E-state index < -0.39 is 0 Å². The minimum Gasteiger partial charge on any atom is -0.283 e. The van der Waals surface area contributed by atoms with Gasteiger partial charge in [-0.05, 0) is 25.2 Å². The highest BCUT2D eigenvalue weighted by Gasteiger charge is 1.88. The standard InChI is InChI=1S/BH3O8/c1-3-5-7-9-8-6-4-2/h2H,1H2. The van der Waals surface area contributed by atoms with Crippen molar-refractivity contribution < 1.29 is 40.3 Å². The first kappa shape index (κ1) is 8.74. The van der Waals surface area contributed by atoms with Crippen LogP contribution in [0.1, 0.15) is 0 Å². The highest BCUT2D eigenvalue weighted by Crippen LogP contribution is 1.83. The van der Waals surface area contributed by atoms with Gasteiger partial charge in [0.15, 0.2) is 0 Å². The Morgan fingerprint density at radius 2 is 1.44 bits per heavy atom. The first-order chi connectivity index (χ1) is 4.41. The van der Waals surface area contributed by atoms with Gasteiger partial charge in [-0.15, -0.1) is 0 Å². The van der Waals surface area contributed by atoms with Crippen LogP contribution in [0.3, 0.4) is 0 Å². The molecule has 1 N–H and O–H groups in total. The molecule has 0 saturated heterocycles. The second-order valence-corrected chi connectivity index (χ2v) is 0.581. The fraction of sp³-hybridized carbons (Fsp3) is 0. The molecule has 0 atom stereocenters. The highest BCUT2D eigenvalue weighted by atomic mass is 17.9. The summed E-state index contributed by atoms with van der Waals surface area (Å²) in [5.74, 6) is 0. The van der Waals surface area contributed by atoms with Crippen molar-refractivity contribution in [3.63, 3.8) is 0 Å². The molecule has 9 heteroatoms. The van der Waals surface area contributed by atoms with Crippen molar-refractivity contribution in [3.8, 4) is 0 Å². The topological polar surface area (TPSA) is 84.8 Å². The molecule has 0 rings (SSSR count). The Bertz CT molecular complexity index is 37.8. The minimum absolute atomic E-state index is 1.16. The van der Waals surface area contributed by atoms with Gasteiger partial charge in [-0.25, -0.2) is 5.26 Å². The Morgan fingerprint density at radius 3 is 2.00 bits per heavy atom. The maximum Gasteiger partial charge on any atom is 0.310 e. The van der Waals surface area contributed by atoms with Crippen LogP contribution in [0.2, 0.25) is 0 Å². The van der Waals surface area contributed by atoms with E-state index in [9.17, 15) is 0 Å². The van der Waals surface area contributed by atoms with Crippen LogP contribution in [0.4, 0.5) is 0 Å². The first-order valence-corrected chi connectivity index (χ1v) is 1.59. The van der Waals surface area contributed by atoms with Crippen LogP contribution >= 0.6 is 0 Å². The summed E-state index contributed by atoms with van der Waals surface area (Å²) >= 11 is 0. The van der Waals surface area contributed by atoms with E-state index in [1.54, 1.807) is 0 Å². The van der Waals surface area contributed by atoms with E-state index >= 15 is 0 Å². The van der Waals surface area contributed by atoms with Gasteiger partial charge >= 0.3 is 8.05 Å². The molecule has 0 aromatic heterocycles. The predicted molar refractivity (Wildman–Crippen MR) is 18.8 cm³/mol. The van der Waals surface area contributed by atoms with Crippen molar-refractivity contribution in [1.82, 2.24) is 0 Å². The molecule has 0 aliphatic rings. The van der Waals surface area contributed by atoms with Gasteiger partial charge in [-0.1, -0.05) is 5.04 Å². The number of hydrogen-bond donors (Lipinski definition) is 1. The Morgan fingerprint density at radius 1 is 0.889 bits per heavy atom. The first-order valence-electron chi connectivity index (χ1n) is 1.59. The van der Waals surface area contributed by atoms with Crippen molar-refractivity contribution in [2.24, 2.45) is 0 Å². The second-order valence-electron chi connectivity index (χ2n) is 0.581.